The summed E-state index contributed by atoms with van der Waals surface area (Å²) in [6.45, 7) is 3.75. The molecule has 5 heteroatoms. The molecule has 0 bridgehead atoms. The number of aliphatic hydroxyl groups is 1. The van der Waals surface area contributed by atoms with Gasteiger partial charge in [-0.25, -0.2) is 8.78 Å². The summed E-state index contributed by atoms with van der Waals surface area (Å²) < 4.78 is 35.5. The third-order valence-corrected chi connectivity index (χ3v) is 8.32. The Morgan fingerprint density at radius 3 is 2.45 bits per heavy atom. The van der Waals surface area contributed by atoms with Crippen LogP contribution in [0.5, 0.6) is 5.75 Å². The highest BCUT2D eigenvalue weighted by Crippen LogP contribution is 2.64. The fraction of sp³-hybridized carbons (Fsp3) is 0.536. The van der Waals surface area contributed by atoms with Crippen molar-refractivity contribution in [2.24, 2.45) is 17.3 Å². The molecule has 1 N–H and O–H groups in total. The van der Waals surface area contributed by atoms with Crippen molar-refractivity contribution < 1.29 is 23.4 Å². The minimum Gasteiger partial charge on any atom is -0.497 e. The van der Waals surface area contributed by atoms with E-state index in [1.165, 1.54) is 19.2 Å². The van der Waals surface area contributed by atoms with Gasteiger partial charge in [0, 0.05) is 30.0 Å². The molecule has 33 heavy (non-hydrogen) atoms. The largest absolute Gasteiger partial charge is 0.497 e. The quantitative estimate of drug-likeness (QED) is 0.568. The van der Waals surface area contributed by atoms with Crippen molar-refractivity contribution >= 4 is 5.78 Å². The van der Waals surface area contributed by atoms with Gasteiger partial charge in [0.25, 0.3) is 0 Å². The number of terminal acetylenes is 1. The van der Waals surface area contributed by atoms with Gasteiger partial charge in [-0.3, -0.25) is 4.79 Å². The Morgan fingerprint density at radius 2 is 1.82 bits per heavy atom. The normalized spacial score (nSPS) is 32.5. The molecule has 4 aliphatic rings. The molecular formula is C28H32F2O3. The van der Waals surface area contributed by atoms with E-state index in [9.17, 15) is 9.90 Å². The lowest BCUT2D eigenvalue weighted by Gasteiger charge is -2.52. The number of aliphatic hydroxyl groups excluding tert-OH is 1. The number of methoxy groups -OCH3 is 1. The number of allylic oxidation sites excluding steroid dienone is 4. The molecule has 0 saturated heterocycles. The highest BCUT2D eigenvalue weighted by Gasteiger charge is 2.56. The van der Waals surface area contributed by atoms with Crippen molar-refractivity contribution in [3.8, 4) is 18.1 Å². The van der Waals surface area contributed by atoms with E-state index >= 15 is 8.78 Å². The summed E-state index contributed by atoms with van der Waals surface area (Å²) in [5, 5.41) is 10.8. The molecule has 4 aliphatic carbocycles. The van der Waals surface area contributed by atoms with Gasteiger partial charge in [-0.15, -0.1) is 12.3 Å². The number of hydrogen-bond donors (Lipinski definition) is 1. The van der Waals surface area contributed by atoms with Gasteiger partial charge in [-0.1, -0.05) is 12.5 Å². The molecule has 0 spiro atoms. The number of benzene rings is 1. The van der Waals surface area contributed by atoms with Crippen molar-refractivity contribution in [2.75, 3.05) is 7.11 Å². The predicted octanol–water partition coefficient (Wildman–Crippen LogP) is 5.87. The molecule has 2 saturated carbocycles. The highest BCUT2D eigenvalue weighted by atomic mass is 19.1. The van der Waals surface area contributed by atoms with Crippen LogP contribution in [0.15, 0.2) is 34.9 Å². The van der Waals surface area contributed by atoms with Crippen LogP contribution in [0.2, 0.25) is 0 Å². The molecule has 0 amide bonds. The summed E-state index contributed by atoms with van der Waals surface area (Å²) in [6, 6.07) is 2.50. The van der Waals surface area contributed by atoms with E-state index in [1.54, 1.807) is 13.0 Å². The Labute approximate surface area is 194 Å². The maximum Gasteiger partial charge on any atom is 0.156 e. The molecule has 5 unspecified atom stereocenters. The summed E-state index contributed by atoms with van der Waals surface area (Å²) in [7, 11) is 1.40. The van der Waals surface area contributed by atoms with Gasteiger partial charge in [0.1, 0.15) is 17.4 Å². The van der Waals surface area contributed by atoms with Gasteiger partial charge >= 0.3 is 0 Å². The van der Waals surface area contributed by atoms with E-state index in [2.05, 4.69) is 19.3 Å². The molecule has 5 atom stereocenters. The third kappa shape index (κ3) is 3.93. The van der Waals surface area contributed by atoms with Crippen molar-refractivity contribution in [3.63, 3.8) is 0 Å². The standard InChI is InChI=1S/C25H28F2O3.C3H4/c1-25-12-18(24-20(26)10-15(30-2)11-21(24)27)23-16-6-4-14(28)9-13(16)3-5-17(23)19(25)7-8-22(25)29;1-3-2/h9-11,17-19,22,29H,3-8,12H2,1-2H3;1H,2H3. The molecule has 0 heterocycles. The molecule has 5 rings (SSSR count). The summed E-state index contributed by atoms with van der Waals surface area (Å²) in [6.07, 6.45) is 10.9. The number of fused-ring (bicyclic) bond motifs is 4. The van der Waals surface area contributed by atoms with Gasteiger partial charge in [-0.2, -0.15) is 0 Å². The number of carbonyl (C=O) groups excluding carboxylic acids is 1. The Balaban J connectivity index is 0.000000821. The van der Waals surface area contributed by atoms with Crippen molar-refractivity contribution in [1.82, 2.24) is 0 Å². The fourth-order valence-corrected chi connectivity index (χ4v) is 6.90. The van der Waals surface area contributed by atoms with Crippen LogP contribution in [-0.2, 0) is 4.79 Å². The lowest BCUT2D eigenvalue weighted by atomic mass is 9.53. The molecule has 0 radical (unpaired) electrons. The molecular weight excluding hydrogens is 422 g/mol. The van der Waals surface area contributed by atoms with Gasteiger partial charge in [0.15, 0.2) is 5.78 Å². The van der Waals surface area contributed by atoms with Crippen LogP contribution >= 0.6 is 0 Å². The minimum atomic E-state index is -0.596. The summed E-state index contributed by atoms with van der Waals surface area (Å²) >= 11 is 0. The van der Waals surface area contributed by atoms with Crippen LogP contribution in [0.3, 0.4) is 0 Å². The number of ether oxygens (including phenoxy) is 1. The van der Waals surface area contributed by atoms with Crippen molar-refractivity contribution in [3.05, 3.63) is 52.1 Å². The zero-order chi connectivity index (χ0) is 23.9. The van der Waals surface area contributed by atoms with Crippen LogP contribution in [0.4, 0.5) is 8.78 Å². The molecule has 2 fully saturated rings. The second-order valence-electron chi connectivity index (χ2n) is 9.97. The molecule has 3 nitrogen and oxygen atoms in total. The van der Waals surface area contributed by atoms with E-state index in [0.717, 1.165) is 42.4 Å². The Bertz CT molecular complexity index is 1040. The third-order valence-electron chi connectivity index (χ3n) is 8.32. The average molecular weight is 455 g/mol. The van der Waals surface area contributed by atoms with Gasteiger partial charge in [0.2, 0.25) is 0 Å². The molecule has 1 aromatic carbocycles. The number of ketones is 1. The topological polar surface area (TPSA) is 46.5 Å². The highest BCUT2D eigenvalue weighted by molar-refractivity contribution is 5.93. The second-order valence-corrected chi connectivity index (χ2v) is 9.97. The summed E-state index contributed by atoms with van der Waals surface area (Å²) in [4.78, 5) is 12.0. The SMILES string of the molecule is C#CC.COc1cc(F)c(C2CC3(C)C(O)CCC3C3CCC4=CC(=O)CCC4=C23)c(F)c1. The molecule has 1 aromatic rings. The molecule has 176 valence electrons. The van der Waals surface area contributed by atoms with E-state index in [1.807, 2.05) is 0 Å². The van der Waals surface area contributed by atoms with E-state index in [4.69, 9.17) is 4.74 Å². The van der Waals surface area contributed by atoms with E-state index in [0.29, 0.717) is 25.2 Å². The van der Waals surface area contributed by atoms with Crippen molar-refractivity contribution in [1.29, 1.82) is 0 Å². The van der Waals surface area contributed by atoms with Crippen molar-refractivity contribution in [2.45, 2.75) is 70.8 Å². The van der Waals surface area contributed by atoms with Crippen LogP contribution in [0.25, 0.3) is 0 Å². The van der Waals surface area contributed by atoms with Gasteiger partial charge < -0.3 is 9.84 Å². The predicted molar refractivity (Wildman–Crippen MR) is 124 cm³/mol. The lowest BCUT2D eigenvalue weighted by molar-refractivity contribution is -0.114. The Kier molecular flexibility index (Phi) is 6.51. The first-order valence-electron chi connectivity index (χ1n) is 11.8. The lowest BCUT2D eigenvalue weighted by Crippen LogP contribution is -2.45. The first kappa shape index (κ1) is 23.7. The Hall–Kier alpha value is -2.45. The van der Waals surface area contributed by atoms with E-state index in [-0.39, 0.29) is 28.4 Å². The fourth-order valence-electron chi connectivity index (χ4n) is 6.90. The number of carbonyl (C=O) groups is 1. The first-order chi connectivity index (χ1) is 15.7. The molecule has 0 aliphatic heterocycles. The van der Waals surface area contributed by atoms with E-state index < -0.39 is 23.7 Å². The zero-order valence-electron chi connectivity index (χ0n) is 19.6. The smallest absolute Gasteiger partial charge is 0.156 e. The zero-order valence-corrected chi connectivity index (χ0v) is 19.6. The van der Waals surface area contributed by atoms with Crippen LogP contribution in [0.1, 0.15) is 70.3 Å². The maximum absolute atomic E-state index is 15.2. The molecule has 0 aromatic heterocycles. The summed E-state index contributed by atoms with van der Waals surface area (Å²) in [5.41, 5.74) is 3.05. The van der Waals surface area contributed by atoms with Gasteiger partial charge in [-0.05, 0) is 79.9 Å². The first-order valence-corrected chi connectivity index (χ1v) is 11.8. The number of hydrogen-bond acceptors (Lipinski definition) is 3. The number of halogens is 2. The Morgan fingerprint density at radius 1 is 1.15 bits per heavy atom. The average Bonchev–Trinajstić information content (AvgIpc) is 3.07. The monoisotopic (exact) mass is 454 g/mol. The van der Waals surface area contributed by atoms with Crippen LogP contribution in [0, 0.1) is 41.2 Å². The van der Waals surface area contributed by atoms with Gasteiger partial charge in [0.05, 0.1) is 13.2 Å². The minimum absolute atomic E-state index is 0.0835. The van der Waals surface area contributed by atoms with Crippen LogP contribution < -0.4 is 4.74 Å². The summed E-state index contributed by atoms with van der Waals surface area (Å²) in [5.74, 6) is 1.45. The number of rotatable bonds is 2. The second kappa shape index (κ2) is 9.06. The maximum atomic E-state index is 15.2. The van der Waals surface area contributed by atoms with Crippen LogP contribution in [-0.4, -0.2) is 24.1 Å².